The predicted molar refractivity (Wildman–Crippen MR) is 181 cm³/mol. The molecular formula is C34H44N4O5S2. The van der Waals surface area contributed by atoms with Crippen LogP contribution in [-0.2, 0) is 26.2 Å². The zero-order chi connectivity index (χ0) is 33.0. The van der Waals surface area contributed by atoms with Crippen molar-refractivity contribution in [2.45, 2.75) is 87.5 Å². The number of para-hydroxylation sites is 1. The summed E-state index contributed by atoms with van der Waals surface area (Å²) < 4.78 is 29.1. The fourth-order valence-corrected chi connectivity index (χ4v) is 7.85. The third-order valence-corrected chi connectivity index (χ3v) is 10.1. The van der Waals surface area contributed by atoms with Gasteiger partial charge in [-0.15, -0.1) is 11.8 Å². The van der Waals surface area contributed by atoms with E-state index in [1.165, 1.54) is 11.8 Å². The Morgan fingerprint density at radius 2 is 1.64 bits per heavy atom. The molecule has 0 spiro atoms. The molecule has 0 aromatic heterocycles. The number of hydrogen-bond donors (Lipinski definition) is 4. The van der Waals surface area contributed by atoms with Crippen molar-refractivity contribution in [2.24, 2.45) is 0 Å². The quantitative estimate of drug-likeness (QED) is 0.237. The maximum absolute atomic E-state index is 14.0. The van der Waals surface area contributed by atoms with Crippen molar-refractivity contribution in [3.63, 3.8) is 0 Å². The van der Waals surface area contributed by atoms with Crippen molar-refractivity contribution in [3.05, 3.63) is 78.4 Å². The van der Waals surface area contributed by atoms with E-state index < -0.39 is 33.2 Å². The van der Waals surface area contributed by atoms with E-state index >= 15 is 0 Å². The largest absolute Gasteiger partial charge is 0.392 e. The fraction of sp³-hybridized carbons (Fsp3) is 0.412. The van der Waals surface area contributed by atoms with E-state index in [9.17, 15) is 23.1 Å². The number of nitrogens with one attached hydrogen (secondary N) is 3. The van der Waals surface area contributed by atoms with Crippen molar-refractivity contribution in [1.82, 2.24) is 15.4 Å². The highest BCUT2D eigenvalue weighted by molar-refractivity contribution is 7.99. The second-order valence-electron chi connectivity index (χ2n) is 13.2. The molecule has 4 N–H and O–H groups in total. The monoisotopic (exact) mass is 652 g/mol. The van der Waals surface area contributed by atoms with Gasteiger partial charge in [-0.1, -0.05) is 54.6 Å². The van der Waals surface area contributed by atoms with Crippen LogP contribution in [0.4, 0.5) is 5.69 Å². The molecule has 242 valence electrons. The van der Waals surface area contributed by atoms with Crippen LogP contribution in [0.5, 0.6) is 0 Å². The van der Waals surface area contributed by atoms with Crippen LogP contribution in [0.25, 0.3) is 11.1 Å². The first-order valence-electron chi connectivity index (χ1n) is 15.0. The van der Waals surface area contributed by atoms with Gasteiger partial charge in [-0.25, -0.2) is 13.1 Å². The number of carbonyl (C=O) groups is 2. The Hall–Kier alpha value is -3.22. The predicted octanol–water partition coefficient (Wildman–Crippen LogP) is 4.69. The van der Waals surface area contributed by atoms with Gasteiger partial charge in [0.1, 0.15) is 6.04 Å². The fourth-order valence-electron chi connectivity index (χ4n) is 5.12. The van der Waals surface area contributed by atoms with Crippen LogP contribution >= 0.6 is 11.8 Å². The molecule has 0 unspecified atom stereocenters. The highest BCUT2D eigenvalue weighted by atomic mass is 32.2. The molecule has 45 heavy (non-hydrogen) atoms. The molecule has 9 nitrogen and oxygen atoms in total. The molecule has 3 aromatic rings. The lowest BCUT2D eigenvalue weighted by Gasteiger charge is -2.29. The van der Waals surface area contributed by atoms with Gasteiger partial charge in [-0.3, -0.25) is 9.59 Å². The summed E-state index contributed by atoms with van der Waals surface area (Å²) in [5.74, 6) is -0.0574. The average Bonchev–Trinajstić information content (AvgIpc) is 3.07. The number of sulfonamides is 1. The number of nitrogens with zero attached hydrogens (tertiary/aromatic N) is 1. The smallest absolute Gasteiger partial charge is 0.250 e. The standard InChI is InChI=1S/C34H44N4O5S2/c1-23(39)20-35-34(5,6)19-31(40)36-27-22-44-29-13-9-8-12-28(29)38(32(27)41)21-24-15-17-25(18-16-24)26-11-7-10-14-30(26)45(42,43)37-33(2,3)4/h7-18,23,27,35,37,39H,19-22H2,1-6H3,(H,36,40)/t23-,27-/m1/s1. The van der Waals surface area contributed by atoms with Gasteiger partial charge < -0.3 is 20.6 Å². The van der Waals surface area contributed by atoms with E-state index in [1.807, 2.05) is 68.4 Å². The molecule has 0 bridgehead atoms. The molecule has 1 aliphatic rings. The van der Waals surface area contributed by atoms with Crippen LogP contribution in [-0.4, -0.2) is 60.9 Å². The molecule has 1 aliphatic heterocycles. The summed E-state index contributed by atoms with van der Waals surface area (Å²) in [5.41, 5.74) is 1.76. The molecule has 0 saturated carbocycles. The molecule has 3 aromatic carbocycles. The number of hydrogen-bond acceptors (Lipinski definition) is 7. The van der Waals surface area contributed by atoms with Gasteiger partial charge in [-0.2, -0.15) is 0 Å². The molecule has 2 atom stereocenters. The minimum atomic E-state index is -3.76. The summed E-state index contributed by atoms with van der Waals surface area (Å²) in [5, 5.41) is 15.8. The first-order chi connectivity index (χ1) is 21.0. The van der Waals surface area contributed by atoms with Crippen LogP contribution < -0.4 is 20.3 Å². The SMILES string of the molecule is C[C@@H](O)CNC(C)(C)CC(=O)N[C@@H]1CSc2ccccc2N(Cc2ccc(-c3ccccc3S(=O)(=O)NC(C)(C)C)cc2)C1=O. The van der Waals surface area contributed by atoms with Gasteiger partial charge in [0.25, 0.3) is 5.91 Å². The van der Waals surface area contributed by atoms with E-state index in [1.54, 1.807) is 50.8 Å². The lowest BCUT2D eigenvalue weighted by molar-refractivity contribution is -0.127. The number of amides is 2. The van der Waals surface area contributed by atoms with Gasteiger partial charge in [-0.05, 0) is 70.9 Å². The zero-order valence-corrected chi connectivity index (χ0v) is 28.4. The normalized spacial score (nSPS) is 16.6. The zero-order valence-electron chi connectivity index (χ0n) is 26.8. The number of β-amino-alcohol motifs (C(OH)–C–C–N with tert-alkyl or cyclic N) is 1. The summed E-state index contributed by atoms with van der Waals surface area (Å²) in [7, 11) is -3.76. The molecule has 11 heteroatoms. The number of benzene rings is 3. The third-order valence-electron chi connectivity index (χ3n) is 7.16. The van der Waals surface area contributed by atoms with Gasteiger partial charge in [0.05, 0.1) is 23.2 Å². The lowest BCUT2D eigenvalue weighted by atomic mass is 9.99. The van der Waals surface area contributed by atoms with Crippen molar-refractivity contribution < 1.29 is 23.1 Å². The molecule has 1 heterocycles. The average molecular weight is 653 g/mol. The van der Waals surface area contributed by atoms with Crippen molar-refractivity contribution >= 4 is 39.3 Å². The molecule has 0 saturated heterocycles. The van der Waals surface area contributed by atoms with Crippen molar-refractivity contribution in [1.29, 1.82) is 0 Å². The number of carbonyl (C=O) groups excluding carboxylic acids is 2. The highest BCUT2D eigenvalue weighted by Gasteiger charge is 2.33. The van der Waals surface area contributed by atoms with Crippen LogP contribution in [0.2, 0.25) is 0 Å². The number of fused-ring (bicyclic) bond motifs is 1. The van der Waals surface area contributed by atoms with Crippen LogP contribution in [0, 0.1) is 0 Å². The van der Waals surface area contributed by atoms with E-state index in [4.69, 9.17) is 0 Å². The first kappa shape index (κ1) is 34.6. The Morgan fingerprint density at radius 3 is 2.31 bits per heavy atom. The van der Waals surface area contributed by atoms with Crippen molar-refractivity contribution in [3.8, 4) is 11.1 Å². The summed E-state index contributed by atoms with van der Waals surface area (Å²) >= 11 is 1.53. The van der Waals surface area contributed by atoms with Gasteiger partial charge >= 0.3 is 0 Å². The number of aliphatic hydroxyl groups is 1. The minimum absolute atomic E-state index is 0.144. The molecule has 2 amide bonds. The Bertz CT molecular complexity index is 1620. The van der Waals surface area contributed by atoms with Crippen LogP contribution in [0.3, 0.4) is 0 Å². The minimum Gasteiger partial charge on any atom is -0.392 e. The Morgan fingerprint density at radius 1 is 1.00 bits per heavy atom. The van der Waals surface area contributed by atoms with E-state index in [0.717, 1.165) is 21.7 Å². The molecule has 0 aliphatic carbocycles. The molecular weight excluding hydrogens is 609 g/mol. The highest BCUT2D eigenvalue weighted by Crippen LogP contribution is 2.36. The third kappa shape index (κ3) is 9.40. The number of rotatable bonds is 11. The Kier molecular flexibility index (Phi) is 10.8. The summed E-state index contributed by atoms with van der Waals surface area (Å²) in [6.07, 6.45) is -0.396. The maximum atomic E-state index is 14.0. The number of thioether (sulfide) groups is 1. The van der Waals surface area contributed by atoms with Crippen molar-refractivity contribution in [2.75, 3.05) is 17.2 Å². The molecule has 4 rings (SSSR count). The maximum Gasteiger partial charge on any atom is 0.250 e. The molecule has 0 fully saturated rings. The molecule has 0 radical (unpaired) electrons. The van der Waals surface area contributed by atoms with Crippen LogP contribution in [0.15, 0.2) is 82.6 Å². The summed E-state index contributed by atoms with van der Waals surface area (Å²) in [6, 6.07) is 21.4. The number of aliphatic hydroxyl groups excluding tert-OH is 1. The van der Waals surface area contributed by atoms with Crippen LogP contribution in [0.1, 0.15) is 53.5 Å². The van der Waals surface area contributed by atoms with E-state index in [2.05, 4.69) is 15.4 Å². The van der Waals surface area contributed by atoms with Gasteiger partial charge in [0.2, 0.25) is 15.9 Å². The van der Waals surface area contributed by atoms with Gasteiger partial charge in [0, 0.05) is 40.3 Å². The van der Waals surface area contributed by atoms with Gasteiger partial charge in [0.15, 0.2) is 0 Å². The summed E-state index contributed by atoms with van der Waals surface area (Å²) in [6.45, 7) is 11.5. The second kappa shape index (κ2) is 14.0. The van der Waals surface area contributed by atoms with E-state index in [-0.39, 0.29) is 29.7 Å². The Balaban J connectivity index is 1.56. The summed E-state index contributed by atoms with van der Waals surface area (Å²) in [4.78, 5) is 29.9. The second-order valence-corrected chi connectivity index (χ2v) is 15.9. The Labute approximate surface area is 271 Å². The lowest BCUT2D eigenvalue weighted by Crippen LogP contribution is -2.52. The topological polar surface area (TPSA) is 128 Å². The first-order valence-corrected chi connectivity index (χ1v) is 17.5. The van der Waals surface area contributed by atoms with E-state index in [0.29, 0.717) is 17.9 Å². The number of anilines is 1.